The minimum Gasteiger partial charge on any atom is -0.467 e. The van der Waals surface area contributed by atoms with Crippen molar-refractivity contribution < 1.29 is 14.0 Å². The molecular weight excluding hydrogens is 440 g/mol. The molecule has 33 heavy (non-hydrogen) atoms. The maximum atomic E-state index is 13.2. The van der Waals surface area contributed by atoms with Gasteiger partial charge in [0.1, 0.15) is 5.76 Å². The fraction of sp³-hybridized carbons (Fsp3) is 0.333. The standard InChI is InChI=1S/C24H26N4O4S/c29-21(27-23(31)25-15-18-9-6-14-32-18)16-33-24-26-20-11-5-4-10-19(20)22(30)28(24)13-12-17-7-2-1-3-8-17/h4-7,9-11,14H,1-3,8,12-13,15-16H2,(H2,25,27,29,31). The van der Waals surface area contributed by atoms with Crippen molar-refractivity contribution in [2.75, 3.05) is 5.75 Å². The first-order valence-corrected chi connectivity index (χ1v) is 12.0. The number of hydrogen-bond acceptors (Lipinski definition) is 6. The molecule has 0 spiro atoms. The summed E-state index contributed by atoms with van der Waals surface area (Å²) < 4.78 is 6.79. The SMILES string of the molecule is O=C(CSc1nc2ccccc2c(=O)n1CCC1=CCCCC1)NC(=O)NCc1ccco1. The van der Waals surface area contributed by atoms with E-state index >= 15 is 0 Å². The number of urea groups is 1. The number of nitrogens with one attached hydrogen (secondary N) is 2. The Kier molecular flexibility index (Phi) is 7.62. The van der Waals surface area contributed by atoms with Crippen molar-refractivity contribution in [3.63, 3.8) is 0 Å². The second-order valence-electron chi connectivity index (χ2n) is 7.83. The van der Waals surface area contributed by atoms with E-state index in [1.807, 2.05) is 12.1 Å². The number of thioether (sulfide) groups is 1. The average molecular weight is 467 g/mol. The molecule has 1 aliphatic rings. The number of benzene rings is 1. The highest BCUT2D eigenvalue weighted by Gasteiger charge is 2.15. The third-order valence-corrected chi connectivity index (χ3v) is 6.43. The van der Waals surface area contributed by atoms with E-state index in [1.54, 1.807) is 28.8 Å². The summed E-state index contributed by atoms with van der Waals surface area (Å²) in [4.78, 5) is 42.1. The van der Waals surface area contributed by atoms with Gasteiger partial charge in [-0.2, -0.15) is 0 Å². The largest absolute Gasteiger partial charge is 0.467 e. The molecule has 3 aromatic rings. The van der Waals surface area contributed by atoms with Gasteiger partial charge in [-0.05, 0) is 56.4 Å². The van der Waals surface area contributed by atoms with Gasteiger partial charge in [0.2, 0.25) is 5.91 Å². The van der Waals surface area contributed by atoms with Gasteiger partial charge in [-0.1, -0.05) is 35.5 Å². The zero-order valence-electron chi connectivity index (χ0n) is 18.2. The molecule has 1 aliphatic carbocycles. The summed E-state index contributed by atoms with van der Waals surface area (Å²) in [5, 5.41) is 5.89. The second kappa shape index (κ2) is 11.0. The van der Waals surface area contributed by atoms with E-state index in [4.69, 9.17) is 4.42 Å². The number of rotatable bonds is 8. The molecule has 4 rings (SSSR count). The molecule has 1 aromatic carbocycles. The van der Waals surface area contributed by atoms with Gasteiger partial charge in [0.25, 0.3) is 5.56 Å². The summed E-state index contributed by atoms with van der Waals surface area (Å²) in [6, 6.07) is 10.0. The lowest BCUT2D eigenvalue weighted by Gasteiger charge is -2.16. The maximum absolute atomic E-state index is 13.2. The summed E-state index contributed by atoms with van der Waals surface area (Å²) in [6.07, 6.45) is 9.11. The number of amides is 3. The number of allylic oxidation sites excluding steroid dienone is 2. The summed E-state index contributed by atoms with van der Waals surface area (Å²) in [7, 11) is 0. The van der Waals surface area contributed by atoms with E-state index in [-0.39, 0.29) is 17.9 Å². The van der Waals surface area contributed by atoms with Crippen molar-refractivity contribution in [2.24, 2.45) is 0 Å². The van der Waals surface area contributed by atoms with Crippen LogP contribution in [0.5, 0.6) is 0 Å². The van der Waals surface area contributed by atoms with Crippen molar-refractivity contribution in [1.82, 2.24) is 20.2 Å². The van der Waals surface area contributed by atoms with Gasteiger partial charge in [0.15, 0.2) is 5.16 Å². The maximum Gasteiger partial charge on any atom is 0.321 e. The van der Waals surface area contributed by atoms with Gasteiger partial charge in [0.05, 0.1) is 29.5 Å². The number of carbonyl (C=O) groups is 2. The van der Waals surface area contributed by atoms with E-state index in [0.717, 1.165) is 31.0 Å². The number of furan rings is 1. The Bertz CT molecular complexity index is 1220. The van der Waals surface area contributed by atoms with Crippen molar-refractivity contribution >= 4 is 34.6 Å². The first-order valence-electron chi connectivity index (χ1n) is 11.0. The number of para-hydroxylation sites is 1. The fourth-order valence-corrected chi connectivity index (χ4v) is 4.59. The topological polar surface area (TPSA) is 106 Å². The number of carbonyl (C=O) groups excluding carboxylic acids is 2. The number of nitrogens with zero attached hydrogens (tertiary/aromatic N) is 2. The first-order chi connectivity index (χ1) is 16.1. The Labute approximate surface area is 195 Å². The van der Waals surface area contributed by atoms with Crippen molar-refractivity contribution in [2.45, 2.75) is 50.4 Å². The van der Waals surface area contributed by atoms with Gasteiger partial charge in [0, 0.05) is 6.54 Å². The second-order valence-corrected chi connectivity index (χ2v) is 8.77. The van der Waals surface area contributed by atoms with Crippen LogP contribution in [0.25, 0.3) is 10.9 Å². The Morgan fingerprint density at radius 1 is 1.15 bits per heavy atom. The van der Waals surface area contributed by atoms with Gasteiger partial charge >= 0.3 is 6.03 Å². The van der Waals surface area contributed by atoms with E-state index in [1.165, 1.54) is 24.7 Å². The normalized spacial score (nSPS) is 13.5. The minimum atomic E-state index is -0.606. The smallest absolute Gasteiger partial charge is 0.321 e. The van der Waals surface area contributed by atoms with E-state index in [0.29, 0.717) is 28.4 Å². The molecule has 0 saturated heterocycles. The highest BCUT2D eigenvalue weighted by Crippen LogP contribution is 2.23. The highest BCUT2D eigenvalue weighted by atomic mass is 32.2. The van der Waals surface area contributed by atoms with Crippen molar-refractivity contribution in [3.8, 4) is 0 Å². The summed E-state index contributed by atoms with van der Waals surface area (Å²) in [6.45, 7) is 0.691. The van der Waals surface area contributed by atoms with Crippen LogP contribution >= 0.6 is 11.8 Å². The van der Waals surface area contributed by atoms with Crippen LogP contribution in [0, 0.1) is 0 Å². The molecule has 2 heterocycles. The van der Waals surface area contributed by atoms with Crippen LogP contribution in [0.4, 0.5) is 4.79 Å². The molecule has 172 valence electrons. The van der Waals surface area contributed by atoms with Gasteiger partial charge < -0.3 is 9.73 Å². The molecule has 2 N–H and O–H groups in total. The monoisotopic (exact) mass is 466 g/mol. The van der Waals surface area contributed by atoms with Gasteiger partial charge in [-0.25, -0.2) is 9.78 Å². The lowest BCUT2D eigenvalue weighted by Crippen LogP contribution is -2.40. The first kappa shape index (κ1) is 22.8. The molecule has 0 aliphatic heterocycles. The summed E-state index contributed by atoms with van der Waals surface area (Å²) in [5.41, 5.74) is 1.84. The lowest BCUT2D eigenvalue weighted by atomic mass is 9.97. The zero-order chi connectivity index (χ0) is 23.0. The molecule has 0 fully saturated rings. The highest BCUT2D eigenvalue weighted by molar-refractivity contribution is 7.99. The average Bonchev–Trinajstić information content (AvgIpc) is 3.35. The van der Waals surface area contributed by atoms with Crippen LogP contribution in [0.15, 0.2) is 68.7 Å². The minimum absolute atomic E-state index is 0.0400. The van der Waals surface area contributed by atoms with Crippen molar-refractivity contribution in [1.29, 1.82) is 0 Å². The number of imide groups is 1. The van der Waals surface area contributed by atoms with Crippen LogP contribution in [0.3, 0.4) is 0 Å². The lowest BCUT2D eigenvalue weighted by molar-refractivity contribution is -0.117. The molecule has 0 atom stereocenters. The van der Waals surface area contributed by atoms with Crippen LogP contribution in [-0.4, -0.2) is 27.2 Å². The molecule has 8 nitrogen and oxygen atoms in total. The van der Waals surface area contributed by atoms with E-state index in [9.17, 15) is 14.4 Å². The molecule has 0 bridgehead atoms. The summed E-state index contributed by atoms with van der Waals surface area (Å²) >= 11 is 1.15. The Morgan fingerprint density at radius 2 is 2.03 bits per heavy atom. The Hall–Kier alpha value is -3.33. The third kappa shape index (κ3) is 6.13. The predicted molar refractivity (Wildman–Crippen MR) is 127 cm³/mol. The van der Waals surface area contributed by atoms with E-state index in [2.05, 4.69) is 21.7 Å². The Morgan fingerprint density at radius 3 is 2.82 bits per heavy atom. The van der Waals surface area contributed by atoms with Gasteiger partial charge in [-0.3, -0.25) is 19.5 Å². The molecule has 0 radical (unpaired) electrons. The van der Waals surface area contributed by atoms with Gasteiger partial charge in [-0.15, -0.1) is 0 Å². The summed E-state index contributed by atoms with van der Waals surface area (Å²) in [5.74, 6) is 0.0760. The number of aromatic nitrogens is 2. The Balaban J connectivity index is 1.42. The molecule has 3 amide bonds. The number of fused-ring (bicyclic) bond motifs is 1. The molecule has 0 saturated carbocycles. The van der Waals surface area contributed by atoms with Crippen LogP contribution in [-0.2, 0) is 17.9 Å². The predicted octanol–water partition coefficient (Wildman–Crippen LogP) is 4.00. The van der Waals surface area contributed by atoms with Crippen LogP contribution < -0.4 is 16.2 Å². The molecule has 9 heteroatoms. The van der Waals surface area contributed by atoms with Crippen LogP contribution in [0.2, 0.25) is 0 Å². The third-order valence-electron chi connectivity index (χ3n) is 5.46. The molecule has 2 aromatic heterocycles. The van der Waals surface area contributed by atoms with E-state index < -0.39 is 11.9 Å². The van der Waals surface area contributed by atoms with Crippen LogP contribution in [0.1, 0.15) is 37.9 Å². The zero-order valence-corrected chi connectivity index (χ0v) is 19.0. The number of hydrogen-bond donors (Lipinski definition) is 2. The molecular formula is C24H26N4O4S. The quantitative estimate of drug-likeness (QED) is 0.295. The van der Waals surface area contributed by atoms with Crippen molar-refractivity contribution in [3.05, 3.63) is 70.4 Å². The fourth-order valence-electron chi connectivity index (χ4n) is 3.76. The molecule has 0 unspecified atom stereocenters.